The van der Waals surface area contributed by atoms with Crippen molar-refractivity contribution < 1.29 is 13.2 Å². The Hall–Kier alpha value is -0.710. The van der Waals surface area contributed by atoms with Crippen molar-refractivity contribution in [1.29, 1.82) is 0 Å². The van der Waals surface area contributed by atoms with Gasteiger partial charge in [0.1, 0.15) is 6.54 Å². The molecule has 0 fully saturated rings. The Morgan fingerprint density at radius 1 is 1.28 bits per heavy atom. The van der Waals surface area contributed by atoms with E-state index in [1.807, 2.05) is 26.0 Å². The molecule has 0 spiro atoms. The van der Waals surface area contributed by atoms with E-state index in [2.05, 4.69) is 15.9 Å². The van der Waals surface area contributed by atoms with Crippen LogP contribution in [0.3, 0.4) is 0 Å². The number of anilines is 1. The van der Waals surface area contributed by atoms with E-state index in [0.29, 0.717) is 24.0 Å². The first kappa shape index (κ1) is 15.3. The largest absolute Gasteiger partial charge is 0.405 e. The van der Waals surface area contributed by atoms with Gasteiger partial charge < -0.3 is 4.90 Å². The van der Waals surface area contributed by atoms with Gasteiger partial charge in [0.05, 0.1) is 0 Å². The molecule has 0 heterocycles. The van der Waals surface area contributed by atoms with Crippen molar-refractivity contribution in [3.05, 3.63) is 29.3 Å². The molecule has 0 unspecified atom stereocenters. The van der Waals surface area contributed by atoms with Crippen LogP contribution in [0.15, 0.2) is 18.2 Å². The normalized spacial score (nSPS) is 11.7. The lowest BCUT2D eigenvalue weighted by molar-refractivity contribution is -0.119. The monoisotopic (exact) mass is 323 g/mol. The first-order valence-corrected chi connectivity index (χ1v) is 6.96. The lowest BCUT2D eigenvalue weighted by atomic mass is 10.1. The average Bonchev–Trinajstić information content (AvgIpc) is 2.26. The summed E-state index contributed by atoms with van der Waals surface area (Å²) >= 11 is 3.33. The summed E-state index contributed by atoms with van der Waals surface area (Å²) in [6.45, 7) is 3.32. The molecule has 0 aliphatic carbocycles. The minimum Gasteiger partial charge on any atom is -0.362 e. The second-order valence-corrected chi connectivity index (χ2v) is 4.86. The van der Waals surface area contributed by atoms with Crippen LogP contribution in [-0.4, -0.2) is 19.3 Å². The maximum atomic E-state index is 12.6. The van der Waals surface area contributed by atoms with Crippen LogP contribution < -0.4 is 4.90 Å². The molecule has 0 aromatic heterocycles. The first-order chi connectivity index (χ1) is 8.37. The predicted molar refractivity (Wildman–Crippen MR) is 72.4 cm³/mol. The van der Waals surface area contributed by atoms with E-state index in [0.717, 1.165) is 11.1 Å². The number of benzene rings is 1. The SMILES string of the molecule is CCCN(CC(F)(F)F)c1ccc(C)cc1CBr. The highest BCUT2D eigenvalue weighted by molar-refractivity contribution is 9.08. The third kappa shape index (κ3) is 4.52. The van der Waals surface area contributed by atoms with Crippen molar-refractivity contribution in [3.8, 4) is 0 Å². The van der Waals surface area contributed by atoms with E-state index in [1.165, 1.54) is 4.90 Å². The van der Waals surface area contributed by atoms with Gasteiger partial charge in [0.15, 0.2) is 0 Å². The number of nitrogens with zero attached hydrogens (tertiary/aromatic N) is 1. The Morgan fingerprint density at radius 3 is 2.44 bits per heavy atom. The van der Waals surface area contributed by atoms with E-state index in [1.54, 1.807) is 6.07 Å². The molecule has 0 amide bonds. The molecule has 0 saturated carbocycles. The summed E-state index contributed by atoms with van der Waals surface area (Å²) in [7, 11) is 0. The van der Waals surface area contributed by atoms with Gasteiger partial charge in [-0.1, -0.05) is 40.5 Å². The molecule has 1 nitrogen and oxygen atoms in total. The third-order valence-corrected chi connectivity index (χ3v) is 3.19. The standard InChI is InChI=1S/C13H17BrF3N/c1-3-6-18(9-13(15,16)17)12-5-4-10(2)7-11(12)8-14/h4-5,7H,3,6,8-9H2,1-2H3. The van der Waals surface area contributed by atoms with Crippen LogP contribution in [-0.2, 0) is 5.33 Å². The van der Waals surface area contributed by atoms with E-state index in [4.69, 9.17) is 0 Å². The molecule has 18 heavy (non-hydrogen) atoms. The Morgan fingerprint density at radius 2 is 1.94 bits per heavy atom. The lowest BCUT2D eigenvalue weighted by Crippen LogP contribution is -2.35. The van der Waals surface area contributed by atoms with Crippen LogP contribution >= 0.6 is 15.9 Å². The highest BCUT2D eigenvalue weighted by Gasteiger charge is 2.31. The maximum absolute atomic E-state index is 12.6. The quantitative estimate of drug-likeness (QED) is 0.712. The Kier molecular flexibility index (Phi) is 5.50. The van der Waals surface area contributed by atoms with Gasteiger partial charge in [-0.25, -0.2) is 0 Å². The van der Waals surface area contributed by atoms with Crippen LogP contribution in [0.2, 0.25) is 0 Å². The number of alkyl halides is 4. The molecule has 0 radical (unpaired) electrons. The van der Waals surface area contributed by atoms with Crippen LogP contribution in [0.4, 0.5) is 18.9 Å². The second-order valence-electron chi connectivity index (χ2n) is 4.30. The van der Waals surface area contributed by atoms with E-state index in [9.17, 15) is 13.2 Å². The zero-order valence-electron chi connectivity index (χ0n) is 10.5. The minimum atomic E-state index is -4.18. The Labute approximate surface area is 114 Å². The van der Waals surface area contributed by atoms with Gasteiger partial charge in [0.2, 0.25) is 0 Å². The number of aryl methyl sites for hydroxylation is 1. The third-order valence-electron chi connectivity index (χ3n) is 2.58. The summed E-state index contributed by atoms with van der Waals surface area (Å²) in [5, 5.41) is 0.558. The summed E-state index contributed by atoms with van der Waals surface area (Å²) in [5.41, 5.74) is 2.61. The van der Waals surface area contributed by atoms with Gasteiger partial charge in [-0.3, -0.25) is 0 Å². The smallest absolute Gasteiger partial charge is 0.362 e. The average molecular weight is 324 g/mol. The highest BCUT2D eigenvalue weighted by atomic mass is 79.9. The van der Waals surface area contributed by atoms with Gasteiger partial charge in [-0.15, -0.1) is 0 Å². The number of hydrogen-bond donors (Lipinski definition) is 0. The van der Waals surface area contributed by atoms with Gasteiger partial charge in [0.25, 0.3) is 0 Å². The molecule has 1 aromatic rings. The molecule has 102 valence electrons. The fraction of sp³-hybridized carbons (Fsp3) is 0.538. The molecule has 1 rings (SSSR count). The number of rotatable bonds is 5. The molecule has 1 aromatic carbocycles. The zero-order chi connectivity index (χ0) is 13.8. The molecule has 0 N–H and O–H groups in total. The molecule has 0 aliphatic rings. The summed E-state index contributed by atoms with van der Waals surface area (Å²) in [5.74, 6) is 0. The second kappa shape index (κ2) is 6.45. The first-order valence-electron chi connectivity index (χ1n) is 5.84. The summed E-state index contributed by atoms with van der Waals surface area (Å²) in [6, 6.07) is 5.54. The van der Waals surface area contributed by atoms with Crippen molar-refractivity contribution in [3.63, 3.8) is 0 Å². The highest BCUT2D eigenvalue weighted by Crippen LogP contribution is 2.27. The van der Waals surface area contributed by atoms with Gasteiger partial charge in [-0.05, 0) is 25.0 Å². The van der Waals surface area contributed by atoms with Gasteiger partial charge >= 0.3 is 6.18 Å². The number of halogens is 4. The van der Waals surface area contributed by atoms with Crippen molar-refractivity contribution in [1.82, 2.24) is 0 Å². The Balaban J connectivity index is 3.04. The van der Waals surface area contributed by atoms with Gasteiger partial charge in [-0.2, -0.15) is 13.2 Å². The van der Waals surface area contributed by atoms with Crippen molar-refractivity contribution in [2.24, 2.45) is 0 Å². The van der Waals surface area contributed by atoms with E-state index in [-0.39, 0.29) is 0 Å². The molecule has 0 atom stereocenters. The molecule has 5 heteroatoms. The summed E-state index contributed by atoms with van der Waals surface area (Å²) < 4.78 is 37.7. The molecular formula is C13H17BrF3N. The minimum absolute atomic E-state index is 0.405. The van der Waals surface area contributed by atoms with Crippen LogP contribution in [0.5, 0.6) is 0 Å². The van der Waals surface area contributed by atoms with Crippen LogP contribution in [0.25, 0.3) is 0 Å². The van der Waals surface area contributed by atoms with E-state index >= 15 is 0 Å². The molecular weight excluding hydrogens is 307 g/mol. The van der Waals surface area contributed by atoms with Crippen LogP contribution in [0.1, 0.15) is 24.5 Å². The van der Waals surface area contributed by atoms with Crippen molar-refractivity contribution in [2.45, 2.75) is 31.8 Å². The van der Waals surface area contributed by atoms with Crippen molar-refractivity contribution in [2.75, 3.05) is 18.0 Å². The predicted octanol–water partition coefficient (Wildman–Crippen LogP) is 4.67. The fourth-order valence-electron chi connectivity index (χ4n) is 1.90. The zero-order valence-corrected chi connectivity index (χ0v) is 12.1. The Bertz CT molecular complexity index is 390. The molecule has 0 saturated heterocycles. The molecule has 0 bridgehead atoms. The van der Waals surface area contributed by atoms with Crippen molar-refractivity contribution >= 4 is 21.6 Å². The van der Waals surface area contributed by atoms with E-state index < -0.39 is 12.7 Å². The lowest BCUT2D eigenvalue weighted by Gasteiger charge is -2.27. The molecule has 0 aliphatic heterocycles. The number of hydrogen-bond acceptors (Lipinski definition) is 1. The summed E-state index contributed by atoms with van der Waals surface area (Å²) in [6.07, 6.45) is -3.49. The van der Waals surface area contributed by atoms with Crippen LogP contribution in [0, 0.1) is 6.92 Å². The maximum Gasteiger partial charge on any atom is 0.405 e. The topological polar surface area (TPSA) is 3.24 Å². The summed E-state index contributed by atoms with van der Waals surface area (Å²) in [4.78, 5) is 1.40. The van der Waals surface area contributed by atoms with Gasteiger partial charge in [0, 0.05) is 17.6 Å². The fourth-order valence-corrected chi connectivity index (χ4v) is 2.35.